The van der Waals surface area contributed by atoms with E-state index in [0.717, 1.165) is 16.6 Å². The number of aliphatic hydroxyl groups is 2. The summed E-state index contributed by atoms with van der Waals surface area (Å²) in [6, 6.07) is 3.83. The van der Waals surface area contributed by atoms with Gasteiger partial charge >= 0.3 is 7.82 Å². The van der Waals surface area contributed by atoms with Crippen LogP contribution in [0, 0.1) is 13.8 Å². The van der Waals surface area contributed by atoms with E-state index in [1.54, 1.807) is 0 Å². The summed E-state index contributed by atoms with van der Waals surface area (Å²) in [5, 5.41) is 19.4. The van der Waals surface area contributed by atoms with Gasteiger partial charge in [-0.25, -0.2) is 4.57 Å². The first-order chi connectivity index (χ1) is 11.7. The summed E-state index contributed by atoms with van der Waals surface area (Å²) in [4.78, 5) is 25.0. The van der Waals surface area contributed by atoms with E-state index in [2.05, 4.69) is 14.5 Å². The number of phosphoric ester groups is 1. The molecule has 1 aliphatic heterocycles. The molecule has 3 rings (SSSR count). The van der Waals surface area contributed by atoms with Crippen LogP contribution in [0.1, 0.15) is 11.1 Å². The van der Waals surface area contributed by atoms with Crippen molar-refractivity contribution < 1.29 is 38.6 Å². The number of imidazole rings is 1. The van der Waals surface area contributed by atoms with Gasteiger partial charge in [-0.05, 0) is 37.1 Å². The van der Waals surface area contributed by atoms with Gasteiger partial charge in [0.1, 0.15) is 18.3 Å². The van der Waals surface area contributed by atoms with E-state index in [1.807, 2.05) is 26.0 Å². The zero-order valence-corrected chi connectivity index (χ0v) is 14.4. The SMILES string of the molecule is Cc1cc2nc(O[C@H]3O[C@H](CO)[C@@H](OP(=O)(O)O)[C@H]3O)[nH]c2cc1C. The van der Waals surface area contributed by atoms with Crippen LogP contribution in [0.5, 0.6) is 6.01 Å². The Morgan fingerprint density at radius 1 is 1.32 bits per heavy atom. The minimum absolute atomic E-state index is 0.0672. The smallest absolute Gasteiger partial charge is 0.432 e. The van der Waals surface area contributed by atoms with E-state index in [4.69, 9.17) is 19.3 Å². The lowest BCUT2D eigenvalue weighted by Gasteiger charge is -2.19. The molecule has 0 aliphatic carbocycles. The predicted octanol–water partition coefficient (Wildman–Crippen LogP) is 0.115. The molecule has 0 saturated carbocycles. The summed E-state index contributed by atoms with van der Waals surface area (Å²) in [6.07, 6.45) is -5.43. The Morgan fingerprint density at radius 3 is 2.64 bits per heavy atom. The van der Waals surface area contributed by atoms with Crippen molar-refractivity contribution in [2.75, 3.05) is 6.61 Å². The molecule has 0 radical (unpaired) electrons. The third-order valence-electron chi connectivity index (χ3n) is 4.03. The van der Waals surface area contributed by atoms with Crippen molar-refractivity contribution in [2.24, 2.45) is 0 Å². The summed E-state index contributed by atoms with van der Waals surface area (Å²) in [5.41, 5.74) is 3.51. The number of ether oxygens (including phenoxy) is 2. The van der Waals surface area contributed by atoms with Gasteiger partial charge in [0.05, 0.1) is 17.6 Å². The molecule has 0 amide bonds. The molecule has 1 aromatic heterocycles. The number of phosphoric acid groups is 1. The minimum Gasteiger partial charge on any atom is -0.432 e. The highest BCUT2D eigenvalue weighted by atomic mass is 31.2. The maximum atomic E-state index is 11.0. The van der Waals surface area contributed by atoms with Crippen LogP contribution in [-0.2, 0) is 13.8 Å². The quantitative estimate of drug-likeness (QED) is 0.459. The Morgan fingerprint density at radius 2 is 2.00 bits per heavy atom. The lowest BCUT2D eigenvalue weighted by atomic mass is 10.1. The molecule has 2 heterocycles. The van der Waals surface area contributed by atoms with Crippen molar-refractivity contribution in [2.45, 2.75) is 38.4 Å². The molecule has 2 aromatic rings. The topological polar surface area (TPSA) is 154 Å². The second-order valence-corrected chi connectivity index (χ2v) is 7.08. The minimum atomic E-state index is -4.88. The maximum absolute atomic E-state index is 11.0. The number of aromatic nitrogens is 2. The lowest BCUT2D eigenvalue weighted by Crippen LogP contribution is -2.37. The van der Waals surface area contributed by atoms with Crippen LogP contribution in [0.3, 0.4) is 0 Å². The Bertz CT molecular complexity index is 780. The van der Waals surface area contributed by atoms with Gasteiger partial charge in [0, 0.05) is 0 Å². The number of aliphatic hydroxyl groups excluding tert-OH is 2. The van der Waals surface area contributed by atoms with Gasteiger partial charge in [0.25, 0.3) is 6.01 Å². The van der Waals surface area contributed by atoms with Gasteiger partial charge in [-0.15, -0.1) is 0 Å². The number of hydrogen-bond acceptors (Lipinski definition) is 7. The highest BCUT2D eigenvalue weighted by molar-refractivity contribution is 7.46. The molecule has 1 saturated heterocycles. The summed E-state index contributed by atoms with van der Waals surface area (Å²) < 4.78 is 26.2. The summed E-state index contributed by atoms with van der Waals surface area (Å²) in [5.74, 6) is 0. The van der Waals surface area contributed by atoms with Crippen LogP contribution in [0.25, 0.3) is 11.0 Å². The molecule has 1 fully saturated rings. The standard InChI is InChI=1S/C14H19N2O8P/c1-6-3-8-9(4-7(6)2)16-14(15-8)23-13-11(18)12(10(5-17)22-13)24-25(19,20)21/h3-4,10-13,17-18H,5H2,1-2H3,(H,15,16)(H2,19,20,21)/t10-,11-,12-,13-/m1/s1. The predicted molar refractivity (Wildman–Crippen MR) is 84.9 cm³/mol. The first kappa shape index (κ1) is 18.3. The molecule has 0 bridgehead atoms. The molecule has 4 atom stereocenters. The monoisotopic (exact) mass is 374 g/mol. The molecule has 1 aromatic carbocycles. The highest BCUT2D eigenvalue weighted by Gasteiger charge is 2.48. The van der Waals surface area contributed by atoms with E-state index in [-0.39, 0.29) is 6.01 Å². The van der Waals surface area contributed by atoms with Gasteiger partial charge in [-0.2, -0.15) is 4.98 Å². The first-order valence-corrected chi connectivity index (χ1v) is 9.03. The van der Waals surface area contributed by atoms with Crippen molar-refractivity contribution in [1.29, 1.82) is 0 Å². The van der Waals surface area contributed by atoms with Crippen LogP contribution in [-0.4, -0.2) is 61.2 Å². The maximum Gasteiger partial charge on any atom is 0.470 e. The van der Waals surface area contributed by atoms with E-state index in [9.17, 15) is 14.8 Å². The average Bonchev–Trinajstić information content (AvgIpc) is 3.01. The summed E-state index contributed by atoms with van der Waals surface area (Å²) >= 11 is 0. The molecule has 5 N–H and O–H groups in total. The second-order valence-electron chi connectivity index (χ2n) is 5.89. The number of H-pyrrole nitrogens is 1. The molecule has 0 unspecified atom stereocenters. The molecule has 10 nitrogen and oxygen atoms in total. The van der Waals surface area contributed by atoms with Crippen LogP contribution < -0.4 is 4.74 Å². The number of aromatic amines is 1. The molecule has 138 valence electrons. The van der Waals surface area contributed by atoms with E-state index in [0.29, 0.717) is 5.52 Å². The van der Waals surface area contributed by atoms with E-state index in [1.165, 1.54) is 0 Å². The van der Waals surface area contributed by atoms with Crippen molar-refractivity contribution in [3.63, 3.8) is 0 Å². The van der Waals surface area contributed by atoms with Crippen LogP contribution >= 0.6 is 7.82 Å². The molecule has 11 heteroatoms. The Hall–Kier alpha value is -1.52. The number of rotatable bonds is 5. The number of fused-ring (bicyclic) bond motifs is 1. The van der Waals surface area contributed by atoms with E-state index >= 15 is 0 Å². The highest BCUT2D eigenvalue weighted by Crippen LogP contribution is 2.42. The van der Waals surface area contributed by atoms with E-state index < -0.39 is 39.0 Å². The molecule has 1 aliphatic rings. The first-order valence-electron chi connectivity index (χ1n) is 7.50. The summed E-state index contributed by atoms with van der Waals surface area (Å²) in [7, 11) is -4.88. The van der Waals surface area contributed by atoms with Crippen molar-refractivity contribution in [3.05, 3.63) is 23.3 Å². The Labute approximate surface area is 142 Å². The molecule has 25 heavy (non-hydrogen) atoms. The van der Waals surface area contributed by atoms with Crippen LogP contribution in [0.2, 0.25) is 0 Å². The van der Waals surface area contributed by atoms with Gasteiger partial charge < -0.3 is 34.5 Å². The van der Waals surface area contributed by atoms with Gasteiger partial charge in [-0.3, -0.25) is 4.52 Å². The summed E-state index contributed by atoms with van der Waals surface area (Å²) in [6.45, 7) is 3.29. The molecular weight excluding hydrogens is 355 g/mol. The van der Waals surface area contributed by atoms with Crippen LogP contribution in [0.4, 0.5) is 0 Å². The van der Waals surface area contributed by atoms with Gasteiger partial charge in [0.2, 0.25) is 6.29 Å². The molecular formula is C14H19N2O8P. The Balaban J connectivity index is 1.79. The number of benzene rings is 1. The fourth-order valence-electron chi connectivity index (χ4n) is 2.65. The van der Waals surface area contributed by atoms with Gasteiger partial charge in [0.15, 0.2) is 0 Å². The zero-order valence-electron chi connectivity index (χ0n) is 13.5. The second kappa shape index (κ2) is 6.65. The fraction of sp³-hybridized carbons (Fsp3) is 0.500. The third-order valence-corrected chi connectivity index (χ3v) is 4.55. The average molecular weight is 374 g/mol. The largest absolute Gasteiger partial charge is 0.470 e. The number of hydrogen-bond donors (Lipinski definition) is 5. The van der Waals surface area contributed by atoms with Crippen molar-refractivity contribution >= 4 is 18.9 Å². The van der Waals surface area contributed by atoms with Crippen LogP contribution in [0.15, 0.2) is 12.1 Å². The number of nitrogens with zero attached hydrogens (tertiary/aromatic N) is 1. The Kier molecular flexibility index (Phi) is 4.86. The lowest BCUT2D eigenvalue weighted by molar-refractivity contribution is -0.119. The molecule has 0 spiro atoms. The van der Waals surface area contributed by atoms with Crippen molar-refractivity contribution in [3.8, 4) is 6.01 Å². The fourth-order valence-corrected chi connectivity index (χ4v) is 3.23. The third kappa shape index (κ3) is 3.85. The number of aryl methyl sites for hydroxylation is 2. The van der Waals surface area contributed by atoms with Gasteiger partial charge in [-0.1, -0.05) is 0 Å². The normalized spacial score (nSPS) is 27.1. The zero-order chi connectivity index (χ0) is 18.4. The number of nitrogens with one attached hydrogen (secondary N) is 1. The van der Waals surface area contributed by atoms with Crippen molar-refractivity contribution in [1.82, 2.24) is 9.97 Å².